The molecule has 0 aromatic heterocycles. The van der Waals surface area contributed by atoms with E-state index in [-0.39, 0.29) is 23.9 Å². The number of nitrogens with two attached hydrogens (primary N) is 1. The highest BCUT2D eigenvalue weighted by atomic mass is 32.2. The Balaban J connectivity index is 1.23. The van der Waals surface area contributed by atoms with Crippen LogP contribution in [-0.2, 0) is 30.7 Å². The molecule has 1 amide bonds. The first-order valence-corrected chi connectivity index (χ1v) is 18.7. The largest absolute Gasteiger partial charge is 0.489 e. The molecule has 9 nitrogen and oxygen atoms in total. The van der Waals surface area contributed by atoms with Gasteiger partial charge in [-0.1, -0.05) is 67.1 Å². The quantitative estimate of drug-likeness (QED) is 0.208. The van der Waals surface area contributed by atoms with Crippen molar-refractivity contribution < 1.29 is 32.2 Å². The average Bonchev–Trinajstić information content (AvgIpc) is 3.07. The Morgan fingerprint density at radius 3 is 2.25 bits per heavy atom. The third-order valence-electron chi connectivity index (χ3n) is 9.02. The van der Waals surface area contributed by atoms with Gasteiger partial charge in [-0.2, -0.15) is 0 Å². The van der Waals surface area contributed by atoms with Gasteiger partial charge in [0.2, 0.25) is 10.0 Å². The van der Waals surface area contributed by atoms with Gasteiger partial charge in [0.15, 0.2) is 6.29 Å². The number of benzene rings is 3. The summed E-state index contributed by atoms with van der Waals surface area (Å²) in [4.78, 5) is 15.3. The van der Waals surface area contributed by atoms with E-state index in [4.69, 9.17) is 24.1 Å². The zero-order valence-corrected chi connectivity index (χ0v) is 29.3. The highest BCUT2D eigenvalue weighted by Crippen LogP contribution is 2.33. The molecule has 1 aliphatic heterocycles. The molecule has 1 heterocycles. The van der Waals surface area contributed by atoms with Crippen LogP contribution in [0.4, 0.5) is 4.79 Å². The smallest absolute Gasteiger partial charge is 0.410 e. The molecule has 1 saturated carbocycles. The minimum absolute atomic E-state index is 0.00609. The third kappa shape index (κ3) is 10.0. The number of hydrogen-bond donors (Lipinski definition) is 1. The molecule has 3 aromatic rings. The van der Waals surface area contributed by atoms with Gasteiger partial charge in [-0.3, -0.25) is 0 Å². The lowest BCUT2D eigenvalue weighted by atomic mass is 9.97. The second kappa shape index (κ2) is 16.3. The molecule has 48 heavy (non-hydrogen) atoms. The number of rotatable bonds is 12. The zero-order chi connectivity index (χ0) is 34.1. The van der Waals surface area contributed by atoms with Crippen molar-refractivity contribution in [3.05, 3.63) is 83.9 Å². The Hall–Kier alpha value is -3.44. The van der Waals surface area contributed by atoms with Crippen molar-refractivity contribution in [1.82, 2.24) is 4.90 Å². The summed E-state index contributed by atoms with van der Waals surface area (Å²) in [7, 11) is -3.93. The Kier molecular flexibility index (Phi) is 12.2. The highest BCUT2D eigenvalue weighted by Gasteiger charge is 2.30. The van der Waals surface area contributed by atoms with Crippen LogP contribution in [0.2, 0.25) is 0 Å². The van der Waals surface area contributed by atoms with E-state index in [9.17, 15) is 13.2 Å². The van der Waals surface area contributed by atoms with Crippen molar-refractivity contribution >= 4 is 16.1 Å². The predicted molar refractivity (Wildman–Crippen MR) is 186 cm³/mol. The van der Waals surface area contributed by atoms with Gasteiger partial charge in [-0.15, -0.1) is 0 Å². The molecule has 0 bridgehead atoms. The molecule has 0 spiro atoms. The summed E-state index contributed by atoms with van der Waals surface area (Å²) in [5, 5.41) is 5.52. The molecule has 2 N–H and O–H groups in total. The van der Waals surface area contributed by atoms with Crippen molar-refractivity contribution in [3.8, 4) is 16.9 Å². The van der Waals surface area contributed by atoms with Crippen molar-refractivity contribution in [2.24, 2.45) is 5.14 Å². The van der Waals surface area contributed by atoms with Crippen LogP contribution in [0.5, 0.6) is 5.75 Å². The number of carbonyl (C=O) groups is 1. The third-order valence-corrected chi connectivity index (χ3v) is 9.97. The summed E-state index contributed by atoms with van der Waals surface area (Å²) in [6, 6.07) is 22.9. The lowest BCUT2D eigenvalue weighted by molar-refractivity contribution is -0.197. The van der Waals surface area contributed by atoms with Crippen molar-refractivity contribution in [2.45, 2.75) is 107 Å². The fourth-order valence-electron chi connectivity index (χ4n) is 6.29. The molecule has 2 fully saturated rings. The van der Waals surface area contributed by atoms with E-state index in [2.05, 4.69) is 0 Å². The van der Waals surface area contributed by atoms with Gasteiger partial charge in [-0.25, -0.2) is 18.4 Å². The van der Waals surface area contributed by atoms with Crippen molar-refractivity contribution in [2.75, 3.05) is 19.8 Å². The Morgan fingerprint density at radius 1 is 0.917 bits per heavy atom. The van der Waals surface area contributed by atoms with Crippen LogP contribution in [0.15, 0.2) is 77.7 Å². The van der Waals surface area contributed by atoms with Crippen molar-refractivity contribution in [3.63, 3.8) is 0 Å². The molecular formula is C38H50N2O7S. The fourth-order valence-corrected chi connectivity index (χ4v) is 6.94. The fraction of sp³-hybridized carbons (Fsp3) is 0.500. The van der Waals surface area contributed by atoms with Crippen LogP contribution < -0.4 is 9.88 Å². The number of ether oxygens (including phenoxy) is 4. The summed E-state index contributed by atoms with van der Waals surface area (Å²) in [6.07, 6.45) is 7.48. The van der Waals surface area contributed by atoms with Gasteiger partial charge in [0.1, 0.15) is 23.4 Å². The molecule has 10 heteroatoms. The second-order valence-corrected chi connectivity index (χ2v) is 15.3. The van der Waals surface area contributed by atoms with E-state index in [1.807, 2.05) is 75.4 Å². The molecule has 3 aromatic carbocycles. The molecule has 1 saturated heterocycles. The summed E-state index contributed by atoms with van der Waals surface area (Å²) < 4.78 is 48.8. The minimum Gasteiger partial charge on any atom is -0.489 e. The first kappa shape index (κ1) is 35.9. The maximum absolute atomic E-state index is 13.5. The van der Waals surface area contributed by atoms with E-state index in [1.165, 1.54) is 12.5 Å². The van der Waals surface area contributed by atoms with Gasteiger partial charge in [0.25, 0.3) is 0 Å². The van der Waals surface area contributed by atoms with Gasteiger partial charge in [-0.05, 0) is 107 Å². The van der Waals surface area contributed by atoms with Crippen LogP contribution in [0.3, 0.4) is 0 Å². The van der Waals surface area contributed by atoms with Crippen LogP contribution in [0.1, 0.15) is 89.4 Å². The van der Waals surface area contributed by atoms with Gasteiger partial charge < -0.3 is 23.8 Å². The minimum atomic E-state index is -3.93. The molecule has 2 aliphatic rings. The Morgan fingerprint density at radius 2 is 1.60 bits per heavy atom. The molecule has 1 aliphatic carbocycles. The maximum Gasteiger partial charge on any atom is 0.410 e. The van der Waals surface area contributed by atoms with Gasteiger partial charge in [0.05, 0.1) is 6.10 Å². The number of sulfonamides is 1. The first-order chi connectivity index (χ1) is 23.0. The second-order valence-electron chi connectivity index (χ2n) is 13.8. The van der Waals surface area contributed by atoms with Crippen LogP contribution in [-0.4, -0.2) is 57.1 Å². The van der Waals surface area contributed by atoms with Gasteiger partial charge >= 0.3 is 6.09 Å². The molecular weight excluding hydrogens is 628 g/mol. The molecule has 1 unspecified atom stereocenters. The predicted octanol–water partition coefficient (Wildman–Crippen LogP) is 7.78. The lowest BCUT2D eigenvalue weighted by Crippen LogP contribution is -2.47. The standard InChI is InChI=1S/C38H50N2O7S/c1-38(2,3)40(37(41)45-27-34(30-12-6-4-7-13-30)47-36-16-10-11-25-44-36)24-23-28-17-19-29(20-18-28)31-21-22-35(48(39,42)43)33(26-31)46-32-14-8-5-9-15-32/h4,6-7,12-13,17-22,26,32,34,36H,5,8-11,14-16,23-25,27H2,1-3H3,(H2,39,42,43)/t34-,36?/m0/s1. The SMILES string of the molecule is CC(C)(C)N(CCc1ccc(-c2ccc(S(N)(=O)=O)c(OC3CCCCC3)c2)cc1)C(=O)OC[C@H](OC1CCCCO1)c1ccccc1. The average molecular weight is 679 g/mol. The lowest BCUT2D eigenvalue weighted by Gasteiger charge is -2.35. The molecule has 0 radical (unpaired) electrons. The highest BCUT2D eigenvalue weighted by molar-refractivity contribution is 7.89. The monoisotopic (exact) mass is 678 g/mol. The summed E-state index contributed by atoms with van der Waals surface area (Å²) in [6.45, 7) is 7.21. The van der Waals surface area contributed by atoms with E-state index in [1.54, 1.807) is 17.0 Å². The van der Waals surface area contributed by atoms with Gasteiger partial charge in [0, 0.05) is 18.7 Å². The van der Waals surface area contributed by atoms with Crippen LogP contribution in [0.25, 0.3) is 11.1 Å². The van der Waals surface area contributed by atoms with E-state index < -0.39 is 27.8 Å². The van der Waals surface area contributed by atoms with E-state index in [0.29, 0.717) is 25.3 Å². The Labute approximate surface area is 285 Å². The maximum atomic E-state index is 13.5. The number of primary sulfonamides is 1. The molecule has 2 atom stereocenters. The molecule has 260 valence electrons. The van der Waals surface area contributed by atoms with Crippen LogP contribution >= 0.6 is 0 Å². The number of amides is 1. The van der Waals surface area contributed by atoms with Crippen molar-refractivity contribution in [1.29, 1.82) is 0 Å². The summed E-state index contributed by atoms with van der Waals surface area (Å²) >= 11 is 0. The first-order valence-electron chi connectivity index (χ1n) is 17.2. The number of carbonyl (C=O) groups excluding carboxylic acids is 1. The Bertz CT molecular complexity index is 1580. The summed E-state index contributed by atoms with van der Waals surface area (Å²) in [5.41, 5.74) is 3.30. The number of hydrogen-bond acceptors (Lipinski definition) is 7. The zero-order valence-electron chi connectivity index (χ0n) is 28.4. The summed E-state index contributed by atoms with van der Waals surface area (Å²) in [5.74, 6) is 0.302. The van der Waals surface area contributed by atoms with Crippen LogP contribution in [0, 0.1) is 0 Å². The van der Waals surface area contributed by atoms with E-state index in [0.717, 1.165) is 67.2 Å². The topological polar surface area (TPSA) is 117 Å². The van der Waals surface area contributed by atoms with E-state index >= 15 is 0 Å². The number of nitrogens with zero attached hydrogens (tertiary/aromatic N) is 1. The normalized spacial score (nSPS) is 18.2. The molecule has 5 rings (SSSR count).